The van der Waals surface area contributed by atoms with Crippen LogP contribution in [-0.4, -0.2) is 55.6 Å². The number of nitrogens with zero attached hydrogens (tertiary/aromatic N) is 2. The summed E-state index contributed by atoms with van der Waals surface area (Å²) in [4.78, 5) is 27.5. The molecule has 0 saturated carbocycles. The first kappa shape index (κ1) is 28.1. The molecule has 34 heavy (non-hydrogen) atoms. The Balaban J connectivity index is 2.28. The Morgan fingerprint density at radius 3 is 2.32 bits per heavy atom. The van der Waals surface area contributed by atoms with Gasteiger partial charge in [-0.25, -0.2) is 8.42 Å². The van der Waals surface area contributed by atoms with Gasteiger partial charge in [0.2, 0.25) is 21.8 Å². The van der Waals surface area contributed by atoms with Crippen LogP contribution in [0.5, 0.6) is 0 Å². The fourth-order valence-electron chi connectivity index (χ4n) is 3.21. The molecule has 2 amide bonds. The second-order valence-corrected chi connectivity index (χ2v) is 11.0. The lowest BCUT2D eigenvalue weighted by atomic mass is 10.1. The number of halogens is 2. The van der Waals surface area contributed by atoms with Crippen LogP contribution in [-0.2, 0) is 26.2 Å². The number of benzene rings is 2. The number of rotatable bonds is 11. The van der Waals surface area contributed by atoms with Gasteiger partial charge >= 0.3 is 0 Å². The van der Waals surface area contributed by atoms with Gasteiger partial charge in [0.05, 0.1) is 11.4 Å². The second-order valence-electron chi connectivity index (χ2n) is 8.15. The maximum absolute atomic E-state index is 13.3. The summed E-state index contributed by atoms with van der Waals surface area (Å²) in [5, 5.41) is 3.62. The summed E-state index contributed by atoms with van der Waals surface area (Å²) in [5.74, 6) is -0.849. The molecular formula is C24H31Cl2N3O4S. The molecule has 0 fully saturated rings. The molecule has 0 bridgehead atoms. The van der Waals surface area contributed by atoms with Gasteiger partial charge in [-0.3, -0.25) is 9.59 Å². The van der Waals surface area contributed by atoms with Crippen LogP contribution < -0.4 is 5.32 Å². The zero-order chi connectivity index (χ0) is 25.5. The van der Waals surface area contributed by atoms with E-state index in [2.05, 4.69) is 5.32 Å². The molecule has 0 aromatic heterocycles. The highest BCUT2D eigenvalue weighted by atomic mass is 35.5. The first-order valence-corrected chi connectivity index (χ1v) is 13.2. The minimum absolute atomic E-state index is 0.0234. The SMILES string of the molecule is CCCCNC(=O)[C@H](C)N(Cc1ccc(Cl)cc1Cl)C(=O)CN(C)S(=O)(=O)c1ccc(C)cc1. The van der Waals surface area contributed by atoms with Crippen LogP contribution in [0, 0.1) is 6.92 Å². The maximum atomic E-state index is 13.3. The van der Waals surface area contributed by atoms with Gasteiger partial charge < -0.3 is 10.2 Å². The average Bonchev–Trinajstić information content (AvgIpc) is 2.78. The summed E-state index contributed by atoms with van der Waals surface area (Å²) < 4.78 is 26.9. The molecule has 186 valence electrons. The van der Waals surface area contributed by atoms with Gasteiger partial charge in [-0.05, 0) is 50.1 Å². The standard InChI is InChI=1S/C24H31Cl2N3O4S/c1-5-6-13-27-24(31)18(3)29(15-19-9-10-20(25)14-22(19)26)23(30)16-28(4)34(32,33)21-11-7-17(2)8-12-21/h7-12,14,18H,5-6,13,15-16H2,1-4H3,(H,27,31)/t18-/m0/s1. The van der Waals surface area contributed by atoms with Crippen LogP contribution in [0.3, 0.4) is 0 Å². The van der Waals surface area contributed by atoms with Crippen LogP contribution >= 0.6 is 23.2 Å². The van der Waals surface area contributed by atoms with Crippen molar-refractivity contribution in [2.45, 2.75) is 51.1 Å². The molecule has 0 unspecified atom stereocenters. The number of hydrogen-bond acceptors (Lipinski definition) is 4. The predicted molar refractivity (Wildman–Crippen MR) is 135 cm³/mol. The van der Waals surface area contributed by atoms with Gasteiger partial charge in [-0.15, -0.1) is 0 Å². The molecular weight excluding hydrogens is 497 g/mol. The Hall–Kier alpha value is -2.13. The molecule has 1 N–H and O–H groups in total. The predicted octanol–water partition coefficient (Wildman–Crippen LogP) is 4.26. The molecule has 0 heterocycles. The van der Waals surface area contributed by atoms with E-state index in [4.69, 9.17) is 23.2 Å². The number of hydrogen-bond donors (Lipinski definition) is 1. The maximum Gasteiger partial charge on any atom is 0.243 e. The van der Waals surface area contributed by atoms with E-state index < -0.39 is 28.5 Å². The Bertz CT molecular complexity index is 1110. The molecule has 0 saturated heterocycles. The number of aryl methyl sites for hydroxylation is 1. The minimum atomic E-state index is -3.89. The Morgan fingerprint density at radius 2 is 1.74 bits per heavy atom. The van der Waals surface area contributed by atoms with Crippen LogP contribution in [0.1, 0.15) is 37.8 Å². The van der Waals surface area contributed by atoms with E-state index >= 15 is 0 Å². The van der Waals surface area contributed by atoms with E-state index in [-0.39, 0.29) is 17.3 Å². The topological polar surface area (TPSA) is 86.8 Å². The van der Waals surface area contributed by atoms with Crippen molar-refractivity contribution in [1.29, 1.82) is 0 Å². The summed E-state index contributed by atoms with van der Waals surface area (Å²) in [5.41, 5.74) is 1.52. The Labute approximate surface area is 212 Å². The third-order valence-corrected chi connectivity index (χ3v) is 7.84. The molecule has 0 aliphatic rings. The first-order chi connectivity index (χ1) is 16.0. The summed E-state index contributed by atoms with van der Waals surface area (Å²) in [6.45, 7) is 5.56. The zero-order valence-electron chi connectivity index (χ0n) is 19.8. The van der Waals surface area contributed by atoms with Gasteiger partial charge in [-0.2, -0.15) is 4.31 Å². The summed E-state index contributed by atoms with van der Waals surface area (Å²) in [7, 11) is -2.55. The van der Waals surface area contributed by atoms with Crippen molar-refractivity contribution >= 4 is 45.0 Å². The summed E-state index contributed by atoms with van der Waals surface area (Å²) >= 11 is 12.3. The van der Waals surface area contributed by atoms with E-state index in [9.17, 15) is 18.0 Å². The molecule has 7 nitrogen and oxygen atoms in total. The van der Waals surface area contributed by atoms with Crippen LogP contribution in [0.4, 0.5) is 0 Å². The molecule has 2 rings (SSSR count). The number of carbonyl (C=O) groups is 2. The van der Waals surface area contributed by atoms with Crippen LogP contribution in [0.25, 0.3) is 0 Å². The number of sulfonamides is 1. The van der Waals surface area contributed by atoms with Crippen molar-refractivity contribution < 1.29 is 18.0 Å². The third-order valence-electron chi connectivity index (χ3n) is 5.44. The minimum Gasteiger partial charge on any atom is -0.354 e. The molecule has 2 aromatic carbocycles. The largest absolute Gasteiger partial charge is 0.354 e. The molecule has 2 aromatic rings. The molecule has 0 spiro atoms. The molecule has 10 heteroatoms. The summed E-state index contributed by atoms with van der Waals surface area (Å²) in [6.07, 6.45) is 1.73. The van der Waals surface area contributed by atoms with E-state index in [1.807, 2.05) is 13.8 Å². The molecule has 0 radical (unpaired) electrons. The highest BCUT2D eigenvalue weighted by molar-refractivity contribution is 7.89. The smallest absolute Gasteiger partial charge is 0.243 e. The third kappa shape index (κ3) is 7.43. The molecule has 1 atom stereocenters. The lowest BCUT2D eigenvalue weighted by molar-refractivity contribution is -0.140. The van der Waals surface area contributed by atoms with Gasteiger partial charge in [0.25, 0.3) is 0 Å². The number of likely N-dealkylation sites (N-methyl/N-ethyl adjacent to an activating group) is 1. The fraction of sp³-hybridized carbons (Fsp3) is 0.417. The first-order valence-electron chi connectivity index (χ1n) is 11.0. The lowest BCUT2D eigenvalue weighted by Gasteiger charge is -2.30. The van der Waals surface area contributed by atoms with E-state index in [1.165, 1.54) is 24.1 Å². The quantitative estimate of drug-likeness (QED) is 0.442. The highest BCUT2D eigenvalue weighted by Crippen LogP contribution is 2.24. The van der Waals surface area contributed by atoms with Gasteiger partial charge in [0, 0.05) is 30.2 Å². The Morgan fingerprint density at radius 1 is 1.09 bits per heavy atom. The number of carbonyl (C=O) groups excluding carboxylic acids is 2. The fourth-order valence-corrected chi connectivity index (χ4v) is 4.80. The van der Waals surface area contributed by atoms with Gasteiger partial charge in [0.1, 0.15) is 6.04 Å². The van der Waals surface area contributed by atoms with Crippen molar-refractivity contribution in [1.82, 2.24) is 14.5 Å². The number of amides is 2. The molecule has 0 aliphatic heterocycles. The highest BCUT2D eigenvalue weighted by Gasteiger charge is 2.30. The van der Waals surface area contributed by atoms with Crippen molar-refractivity contribution in [3.8, 4) is 0 Å². The second kappa shape index (κ2) is 12.5. The average molecular weight is 529 g/mol. The van der Waals surface area contributed by atoms with Gasteiger partial charge in [0.15, 0.2) is 0 Å². The van der Waals surface area contributed by atoms with E-state index in [0.29, 0.717) is 22.2 Å². The molecule has 0 aliphatic carbocycles. The Kier molecular flexibility index (Phi) is 10.4. The van der Waals surface area contributed by atoms with Crippen LogP contribution in [0.15, 0.2) is 47.4 Å². The van der Waals surface area contributed by atoms with Crippen molar-refractivity contribution in [2.75, 3.05) is 20.1 Å². The van der Waals surface area contributed by atoms with Crippen molar-refractivity contribution in [2.24, 2.45) is 0 Å². The van der Waals surface area contributed by atoms with Gasteiger partial charge in [-0.1, -0.05) is 60.3 Å². The number of nitrogens with one attached hydrogen (secondary N) is 1. The van der Waals surface area contributed by atoms with E-state index in [1.54, 1.807) is 37.3 Å². The van der Waals surface area contributed by atoms with Crippen molar-refractivity contribution in [3.63, 3.8) is 0 Å². The normalized spacial score (nSPS) is 12.4. The zero-order valence-corrected chi connectivity index (χ0v) is 22.2. The van der Waals surface area contributed by atoms with E-state index in [0.717, 1.165) is 22.7 Å². The van der Waals surface area contributed by atoms with Crippen molar-refractivity contribution in [3.05, 3.63) is 63.6 Å². The lowest BCUT2D eigenvalue weighted by Crippen LogP contribution is -2.50. The van der Waals surface area contributed by atoms with Crippen LogP contribution in [0.2, 0.25) is 10.0 Å². The monoisotopic (exact) mass is 527 g/mol. The summed E-state index contributed by atoms with van der Waals surface area (Å²) in [6, 6.07) is 10.4. The number of unbranched alkanes of at least 4 members (excludes halogenated alkanes) is 1.